The van der Waals surface area contributed by atoms with E-state index in [1.165, 1.54) is 0 Å². The molecule has 1 aromatic heterocycles. The average Bonchev–Trinajstić information content (AvgIpc) is 2.89. The van der Waals surface area contributed by atoms with Gasteiger partial charge in [0.15, 0.2) is 5.78 Å². The van der Waals surface area contributed by atoms with E-state index in [1.807, 2.05) is 30.5 Å². The third-order valence-electron chi connectivity index (χ3n) is 3.66. The molecule has 0 aliphatic rings. The number of H-pyrrole nitrogens is 1. The van der Waals surface area contributed by atoms with E-state index >= 15 is 0 Å². The molecule has 1 heterocycles. The number of ketones is 1. The van der Waals surface area contributed by atoms with Crippen molar-refractivity contribution in [1.82, 2.24) is 14.8 Å². The van der Waals surface area contributed by atoms with E-state index in [9.17, 15) is 4.79 Å². The summed E-state index contributed by atoms with van der Waals surface area (Å²) in [5.41, 5.74) is 1.83. The topological polar surface area (TPSA) is 39.3 Å². The number of fused-ring (bicyclic) bond motifs is 1. The van der Waals surface area contributed by atoms with Crippen molar-refractivity contribution in [3.63, 3.8) is 0 Å². The quantitative estimate of drug-likeness (QED) is 0.759. The van der Waals surface area contributed by atoms with Crippen molar-refractivity contribution in [1.29, 1.82) is 0 Å². The van der Waals surface area contributed by atoms with E-state index in [0.29, 0.717) is 6.54 Å². The highest BCUT2D eigenvalue weighted by atomic mass is 16.1. The van der Waals surface area contributed by atoms with Crippen LogP contribution >= 0.6 is 0 Å². The van der Waals surface area contributed by atoms with Gasteiger partial charge in [-0.1, -0.05) is 25.1 Å². The third-order valence-corrected chi connectivity index (χ3v) is 3.66. The van der Waals surface area contributed by atoms with Crippen molar-refractivity contribution >= 4 is 16.7 Å². The molecule has 2 rings (SSSR count). The Balaban J connectivity index is 2.07. The van der Waals surface area contributed by atoms with Gasteiger partial charge in [-0.25, -0.2) is 0 Å². The summed E-state index contributed by atoms with van der Waals surface area (Å²) in [6, 6.07) is 7.96. The molecule has 4 nitrogen and oxygen atoms in total. The first-order valence-electron chi connectivity index (χ1n) is 7.58. The molecule has 0 radical (unpaired) electrons. The number of para-hydroxylation sites is 1. The largest absolute Gasteiger partial charge is 0.360 e. The number of Topliss-reactive ketones (excluding diaryl/α,β-unsaturated/α-hetero) is 1. The molecule has 0 saturated carbocycles. The summed E-state index contributed by atoms with van der Waals surface area (Å²) in [7, 11) is 4.12. The van der Waals surface area contributed by atoms with Crippen molar-refractivity contribution in [2.45, 2.75) is 13.3 Å². The van der Waals surface area contributed by atoms with E-state index in [-0.39, 0.29) is 5.78 Å². The van der Waals surface area contributed by atoms with Crippen molar-refractivity contribution in [3.8, 4) is 0 Å². The number of nitrogens with one attached hydrogen (secondary N) is 1. The molecule has 0 atom stereocenters. The minimum Gasteiger partial charge on any atom is -0.360 e. The van der Waals surface area contributed by atoms with Crippen LogP contribution in [0.4, 0.5) is 0 Å². The average molecular weight is 287 g/mol. The summed E-state index contributed by atoms with van der Waals surface area (Å²) >= 11 is 0. The van der Waals surface area contributed by atoms with Crippen molar-refractivity contribution in [2.75, 3.05) is 40.3 Å². The Morgan fingerprint density at radius 2 is 1.90 bits per heavy atom. The van der Waals surface area contributed by atoms with Crippen LogP contribution in [-0.2, 0) is 0 Å². The number of hydrogen-bond donors (Lipinski definition) is 1. The molecule has 0 aliphatic heterocycles. The van der Waals surface area contributed by atoms with Gasteiger partial charge < -0.3 is 9.88 Å². The first-order valence-corrected chi connectivity index (χ1v) is 7.58. The van der Waals surface area contributed by atoms with Gasteiger partial charge in [0.25, 0.3) is 0 Å². The first-order chi connectivity index (χ1) is 10.1. The fourth-order valence-corrected chi connectivity index (χ4v) is 2.52. The number of rotatable bonds is 8. The zero-order chi connectivity index (χ0) is 15.2. The molecular weight excluding hydrogens is 262 g/mol. The van der Waals surface area contributed by atoms with Gasteiger partial charge in [-0.2, -0.15) is 0 Å². The minimum atomic E-state index is 0.194. The fraction of sp³-hybridized carbons (Fsp3) is 0.471. The van der Waals surface area contributed by atoms with Crippen LogP contribution in [0.2, 0.25) is 0 Å². The summed E-state index contributed by atoms with van der Waals surface area (Å²) in [6.07, 6.45) is 2.90. The molecule has 0 bridgehead atoms. The standard InChI is InChI=1S/C17H25N3O/c1-4-9-20(11-10-19(2)3)13-17(21)15-12-18-16-8-6-5-7-14(15)16/h5-8,12,18H,4,9-11,13H2,1-3H3. The Bertz CT molecular complexity index is 588. The molecule has 4 heteroatoms. The van der Waals surface area contributed by atoms with Gasteiger partial charge in [-0.05, 0) is 33.1 Å². The van der Waals surface area contributed by atoms with Crippen molar-refractivity contribution < 1.29 is 4.79 Å². The Labute approximate surface area is 126 Å². The highest BCUT2D eigenvalue weighted by Crippen LogP contribution is 2.18. The van der Waals surface area contributed by atoms with Crippen LogP contribution in [0.15, 0.2) is 30.5 Å². The van der Waals surface area contributed by atoms with Crippen molar-refractivity contribution in [3.05, 3.63) is 36.0 Å². The molecule has 0 fully saturated rings. The van der Waals surface area contributed by atoms with Gasteiger partial charge in [0.05, 0.1) is 6.54 Å². The minimum absolute atomic E-state index is 0.194. The molecule has 114 valence electrons. The van der Waals surface area contributed by atoms with Crippen LogP contribution < -0.4 is 0 Å². The summed E-state index contributed by atoms with van der Waals surface area (Å²) in [5.74, 6) is 0.194. The monoisotopic (exact) mass is 287 g/mol. The first kappa shape index (κ1) is 15.7. The van der Waals surface area contributed by atoms with E-state index < -0.39 is 0 Å². The lowest BCUT2D eigenvalue weighted by molar-refractivity contribution is 0.0927. The summed E-state index contributed by atoms with van der Waals surface area (Å²) < 4.78 is 0. The van der Waals surface area contributed by atoms with Gasteiger partial charge in [-0.3, -0.25) is 9.69 Å². The number of nitrogens with zero attached hydrogens (tertiary/aromatic N) is 2. The van der Waals surface area contributed by atoms with Crippen LogP contribution in [0.5, 0.6) is 0 Å². The predicted octanol–water partition coefficient (Wildman–Crippen LogP) is 2.62. The highest BCUT2D eigenvalue weighted by Gasteiger charge is 2.15. The van der Waals surface area contributed by atoms with Crippen LogP contribution in [-0.4, -0.2) is 60.8 Å². The molecule has 1 aromatic carbocycles. The molecule has 1 N–H and O–H groups in total. The molecule has 2 aromatic rings. The zero-order valence-corrected chi connectivity index (χ0v) is 13.2. The van der Waals surface area contributed by atoms with Gasteiger partial charge in [0, 0.05) is 35.8 Å². The smallest absolute Gasteiger partial charge is 0.178 e. The Morgan fingerprint density at radius 3 is 2.62 bits per heavy atom. The highest BCUT2D eigenvalue weighted by molar-refractivity contribution is 6.08. The van der Waals surface area contributed by atoms with Crippen molar-refractivity contribution in [2.24, 2.45) is 0 Å². The zero-order valence-electron chi connectivity index (χ0n) is 13.2. The lowest BCUT2D eigenvalue weighted by Crippen LogP contribution is -2.36. The molecule has 0 saturated heterocycles. The van der Waals surface area contributed by atoms with E-state index in [2.05, 4.69) is 35.8 Å². The van der Waals surface area contributed by atoms with E-state index in [0.717, 1.165) is 42.5 Å². The molecule has 0 aliphatic carbocycles. The Kier molecular flexibility index (Phi) is 5.53. The molecule has 0 spiro atoms. The lowest BCUT2D eigenvalue weighted by atomic mass is 10.1. The fourth-order valence-electron chi connectivity index (χ4n) is 2.52. The second-order valence-electron chi connectivity index (χ2n) is 5.75. The van der Waals surface area contributed by atoms with Gasteiger partial charge in [0.1, 0.15) is 0 Å². The van der Waals surface area contributed by atoms with Gasteiger partial charge in [-0.15, -0.1) is 0 Å². The molecule has 0 amide bonds. The second kappa shape index (κ2) is 7.38. The lowest BCUT2D eigenvalue weighted by Gasteiger charge is -2.22. The number of carbonyl (C=O) groups excluding carboxylic acids is 1. The number of carbonyl (C=O) groups is 1. The maximum atomic E-state index is 12.6. The Hall–Kier alpha value is -1.65. The third kappa shape index (κ3) is 4.16. The van der Waals surface area contributed by atoms with Crippen LogP contribution in [0, 0.1) is 0 Å². The van der Waals surface area contributed by atoms with Crippen LogP contribution in [0.3, 0.4) is 0 Å². The number of aromatic amines is 1. The van der Waals surface area contributed by atoms with E-state index in [4.69, 9.17) is 0 Å². The maximum Gasteiger partial charge on any atom is 0.178 e. The molecular formula is C17H25N3O. The SMILES string of the molecule is CCCN(CCN(C)C)CC(=O)c1c[nH]c2ccccc12. The second-order valence-corrected chi connectivity index (χ2v) is 5.75. The number of aromatic nitrogens is 1. The van der Waals surface area contributed by atoms with Gasteiger partial charge in [0.2, 0.25) is 0 Å². The summed E-state index contributed by atoms with van der Waals surface area (Å²) in [5, 5.41) is 1.02. The molecule has 21 heavy (non-hydrogen) atoms. The number of hydrogen-bond acceptors (Lipinski definition) is 3. The number of benzene rings is 1. The maximum absolute atomic E-state index is 12.6. The van der Waals surface area contributed by atoms with E-state index in [1.54, 1.807) is 0 Å². The Morgan fingerprint density at radius 1 is 1.14 bits per heavy atom. The van der Waals surface area contributed by atoms with Crippen LogP contribution in [0.1, 0.15) is 23.7 Å². The molecule has 0 unspecified atom stereocenters. The predicted molar refractivity (Wildman–Crippen MR) is 87.9 cm³/mol. The van der Waals surface area contributed by atoms with Gasteiger partial charge >= 0.3 is 0 Å². The number of likely N-dealkylation sites (N-methyl/N-ethyl adjacent to an activating group) is 1. The normalized spacial score (nSPS) is 11.7. The summed E-state index contributed by atoms with van der Waals surface area (Å²) in [4.78, 5) is 20.1. The van der Waals surface area contributed by atoms with Crippen LogP contribution in [0.25, 0.3) is 10.9 Å². The summed E-state index contributed by atoms with van der Waals surface area (Å²) in [6.45, 7) is 5.50.